The van der Waals surface area contributed by atoms with E-state index in [0.29, 0.717) is 17.5 Å². The van der Waals surface area contributed by atoms with Crippen LogP contribution >= 0.6 is 0 Å². The quantitative estimate of drug-likeness (QED) is 0.156. The van der Waals surface area contributed by atoms with E-state index in [1.807, 2.05) is 18.2 Å². The van der Waals surface area contributed by atoms with Gasteiger partial charge in [0.2, 0.25) is 0 Å². The van der Waals surface area contributed by atoms with Crippen molar-refractivity contribution in [3.8, 4) is 89.8 Å². The number of nitrogens with zero attached hydrogens (tertiary/aromatic N) is 3. The Balaban J connectivity index is 1.14. The normalized spacial score (nSPS) is 11.1. The van der Waals surface area contributed by atoms with Crippen molar-refractivity contribution in [2.24, 2.45) is 0 Å². The van der Waals surface area contributed by atoms with Crippen LogP contribution in [0.25, 0.3) is 101 Å². The topological polar surface area (TPSA) is 38.7 Å². The molecular formula is C55H37N3. The molecule has 272 valence electrons. The van der Waals surface area contributed by atoms with Crippen LogP contribution in [0, 0.1) is 0 Å². The lowest BCUT2D eigenvalue weighted by Crippen LogP contribution is -2.01. The van der Waals surface area contributed by atoms with Gasteiger partial charge in [-0.3, -0.25) is 0 Å². The van der Waals surface area contributed by atoms with Gasteiger partial charge in [0.1, 0.15) is 0 Å². The molecule has 0 bridgehead atoms. The largest absolute Gasteiger partial charge is 0.208 e. The highest BCUT2D eigenvalue weighted by atomic mass is 15.0. The van der Waals surface area contributed by atoms with Crippen LogP contribution in [-0.2, 0) is 0 Å². The minimum absolute atomic E-state index is 0.615. The Kier molecular flexibility index (Phi) is 9.23. The van der Waals surface area contributed by atoms with E-state index in [0.717, 1.165) is 44.5 Å². The van der Waals surface area contributed by atoms with Crippen molar-refractivity contribution < 1.29 is 0 Å². The molecule has 58 heavy (non-hydrogen) atoms. The van der Waals surface area contributed by atoms with E-state index in [-0.39, 0.29) is 0 Å². The van der Waals surface area contributed by atoms with Gasteiger partial charge in [-0.2, -0.15) is 0 Å². The van der Waals surface area contributed by atoms with E-state index in [9.17, 15) is 0 Å². The van der Waals surface area contributed by atoms with E-state index in [1.165, 1.54) is 38.6 Å². The molecule has 3 nitrogen and oxygen atoms in total. The molecule has 0 amide bonds. The zero-order valence-corrected chi connectivity index (χ0v) is 31.7. The highest BCUT2D eigenvalue weighted by Crippen LogP contribution is 2.40. The molecule has 9 aromatic carbocycles. The van der Waals surface area contributed by atoms with Crippen molar-refractivity contribution in [2.75, 3.05) is 0 Å². The average Bonchev–Trinajstić information content (AvgIpc) is 3.32. The molecule has 0 radical (unpaired) electrons. The average molecular weight is 740 g/mol. The fourth-order valence-electron chi connectivity index (χ4n) is 7.86. The van der Waals surface area contributed by atoms with Gasteiger partial charge in [0.05, 0.1) is 0 Å². The SMILES string of the molecule is c1ccc(-c2ccc(-c3nc(-c4cccc(-c5ccc(-c6ccccc6)cc5-c5cccc6ccccc56)c4)nc(-c4ccccc4-c4ccccc4)n3)cc2)cc1. The summed E-state index contributed by atoms with van der Waals surface area (Å²) in [5, 5.41) is 2.43. The molecule has 0 saturated heterocycles. The predicted molar refractivity (Wildman–Crippen MR) is 241 cm³/mol. The van der Waals surface area contributed by atoms with Crippen LogP contribution in [0.4, 0.5) is 0 Å². The maximum atomic E-state index is 5.24. The van der Waals surface area contributed by atoms with Gasteiger partial charge in [0.15, 0.2) is 17.5 Å². The summed E-state index contributed by atoms with van der Waals surface area (Å²) in [5.74, 6) is 1.86. The zero-order valence-electron chi connectivity index (χ0n) is 31.7. The molecule has 0 aliphatic carbocycles. The summed E-state index contributed by atoms with van der Waals surface area (Å²) in [5.41, 5.74) is 14.2. The maximum Gasteiger partial charge on any atom is 0.164 e. The van der Waals surface area contributed by atoms with Gasteiger partial charge in [0.25, 0.3) is 0 Å². The van der Waals surface area contributed by atoms with Crippen LogP contribution < -0.4 is 0 Å². The first kappa shape index (κ1) is 34.7. The molecule has 0 fully saturated rings. The second-order valence-electron chi connectivity index (χ2n) is 14.4. The van der Waals surface area contributed by atoms with Gasteiger partial charge in [-0.1, -0.05) is 212 Å². The van der Waals surface area contributed by atoms with Crippen LogP contribution in [0.2, 0.25) is 0 Å². The summed E-state index contributed by atoms with van der Waals surface area (Å²) < 4.78 is 0. The van der Waals surface area contributed by atoms with Gasteiger partial charge in [0, 0.05) is 16.7 Å². The Morgan fingerprint density at radius 2 is 0.655 bits per heavy atom. The third-order valence-corrected chi connectivity index (χ3v) is 10.8. The highest BCUT2D eigenvalue weighted by molar-refractivity contribution is 6.01. The Labute approximate surface area is 338 Å². The maximum absolute atomic E-state index is 5.24. The summed E-state index contributed by atoms with van der Waals surface area (Å²) in [4.78, 5) is 15.6. The monoisotopic (exact) mass is 739 g/mol. The Bertz CT molecular complexity index is 3020. The summed E-state index contributed by atoms with van der Waals surface area (Å²) in [6.45, 7) is 0. The lowest BCUT2D eigenvalue weighted by atomic mass is 9.88. The van der Waals surface area contributed by atoms with Crippen LogP contribution in [0.15, 0.2) is 224 Å². The van der Waals surface area contributed by atoms with Gasteiger partial charge in [-0.25, -0.2) is 15.0 Å². The Hall–Kier alpha value is -7.75. The fraction of sp³-hybridized carbons (Fsp3) is 0. The molecule has 0 aliphatic rings. The summed E-state index contributed by atoms with van der Waals surface area (Å²) in [7, 11) is 0. The predicted octanol–water partition coefficient (Wildman–Crippen LogP) is 14.4. The molecule has 3 heteroatoms. The molecule has 1 heterocycles. The van der Waals surface area contributed by atoms with Crippen molar-refractivity contribution in [1.29, 1.82) is 0 Å². The van der Waals surface area contributed by atoms with E-state index in [1.54, 1.807) is 0 Å². The molecule has 10 rings (SSSR count). The number of hydrogen-bond acceptors (Lipinski definition) is 3. The molecule has 0 N–H and O–H groups in total. The van der Waals surface area contributed by atoms with Crippen molar-refractivity contribution >= 4 is 10.8 Å². The van der Waals surface area contributed by atoms with Crippen LogP contribution in [-0.4, -0.2) is 15.0 Å². The minimum Gasteiger partial charge on any atom is -0.208 e. The highest BCUT2D eigenvalue weighted by Gasteiger charge is 2.18. The first-order chi connectivity index (χ1) is 28.7. The second kappa shape index (κ2) is 15.4. The standard InChI is InChI=1S/C55H37N3/c1-4-16-38(17-5-1)40-30-32-43(33-31-40)53-56-54(58-55(57-53)51-28-13-12-27-48(51)41-20-8-3-9-21-41)46-25-14-24-45(36-46)49-35-34-44(39-18-6-2-7-19-39)37-52(49)50-29-15-23-42-22-10-11-26-47(42)50/h1-37H. The lowest BCUT2D eigenvalue weighted by molar-refractivity contribution is 1.07. The molecule has 1 aromatic heterocycles. The first-order valence-corrected chi connectivity index (χ1v) is 19.6. The minimum atomic E-state index is 0.615. The van der Waals surface area contributed by atoms with Gasteiger partial charge in [-0.05, 0) is 78.5 Å². The first-order valence-electron chi connectivity index (χ1n) is 19.6. The van der Waals surface area contributed by atoms with E-state index in [2.05, 4.69) is 206 Å². The van der Waals surface area contributed by atoms with Gasteiger partial charge < -0.3 is 0 Å². The number of fused-ring (bicyclic) bond motifs is 1. The van der Waals surface area contributed by atoms with Crippen molar-refractivity contribution in [1.82, 2.24) is 15.0 Å². The van der Waals surface area contributed by atoms with Crippen LogP contribution in [0.5, 0.6) is 0 Å². The van der Waals surface area contributed by atoms with Crippen molar-refractivity contribution in [2.45, 2.75) is 0 Å². The molecule has 0 unspecified atom stereocenters. The molecule has 10 aromatic rings. The Morgan fingerprint density at radius 1 is 0.207 bits per heavy atom. The summed E-state index contributed by atoms with van der Waals surface area (Å²) in [6.07, 6.45) is 0. The zero-order chi connectivity index (χ0) is 38.7. The molecular weight excluding hydrogens is 703 g/mol. The lowest BCUT2D eigenvalue weighted by Gasteiger charge is -2.16. The van der Waals surface area contributed by atoms with E-state index < -0.39 is 0 Å². The molecule has 0 aliphatic heterocycles. The van der Waals surface area contributed by atoms with Crippen LogP contribution in [0.1, 0.15) is 0 Å². The number of hydrogen-bond donors (Lipinski definition) is 0. The summed E-state index contributed by atoms with van der Waals surface area (Å²) >= 11 is 0. The molecule has 0 saturated carbocycles. The smallest absolute Gasteiger partial charge is 0.164 e. The molecule has 0 atom stereocenters. The van der Waals surface area contributed by atoms with Crippen molar-refractivity contribution in [3.63, 3.8) is 0 Å². The fourth-order valence-corrected chi connectivity index (χ4v) is 7.86. The van der Waals surface area contributed by atoms with Gasteiger partial charge in [-0.15, -0.1) is 0 Å². The van der Waals surface area contributed by atoms with E-state index in [4.69, 9.17) is 15.0 Å². The summed E-state index contributed by atoms with van der Waals surface area (Å²) in [6, 6.07) is 78.9. The number of benzene rings is 9. The molecule has 0 spiro atoms. The van der Waals surface area contributed by atoms with Crippen molar-refractivity contribution in [3.05, 3.63) is 224 Å². The number of aromatic nitrogens is 3. The van der Waals surface area contributed by atoms with Crippen LogP contribution in [0.3, 0.4) is 0 Å². The number of rotatable bonds is 8. The van der Waals surface area contributed by atoms with E-state index >= 15 is 0 Å². The third-order valence-electron chi connectivity index (χ3n) is 10.8. The third kappa shape index (κ3) is 6.87. The second-order valence-corrected chi connectivity index (χ2v) is 14.4. The van der Waals surface area contributed by atoms with Gasteiger partial charge >= 0.3 is 0 Å². The Morgan fingerprint density at radius 3 is 1.40 bits per heavy atom.